The summed E-state index contributed by atoms with van der Waals surface area (Å²) in [5, 5.41) is 5.48. The maximum atomic E-state index is 12.4. The Bertz CT molecular complexity index is 964. The van der Waals surface area contributed by atoms with Gasteiger partial charge in [-0.05, 0) is 61.1 Å². The lowest BCUT2D eigenvalue weighted by Crippen LogP contribution is -2.23. The summed E-state index contributed by atoms with van der Waals surface area (Å²) in [6.07, 6.45) is 9.93. The molecule has 1 saturated carbocycles. The van der Waals surface area contributed by atoms with Gasteiger partial charge in [-0.2, -0.15) is 5.10 Å². The maximum absolute atomic E-state index is 12.4. The highest BCUT2D eigenvalue weighted by Crippen LogP contribution is 2.23. The van der Waals surface area contributed by atoms with E-state index < -0.39 is 0 Å². The van der Waals surface area contributed by atoms with Gasteiger partial charge in [-0.3, -0.25) is 4.79 Å². The first-order chi connectivity index (χ1) is 12.8. The zero-order valence-electron chi connectivity index (χ0n) is 14.5. The van der Waals surface area contributed by atoms with Crippen LogP contribution in [0.5, 0.6) is 0 Å². The number of H-pyrrole nitrogens is 1. The third-order valence-corrected chi connectivity index (χ3v) is 4.68. The normalized spacial score (nSPS) is 17.8. The molecule has 0 unspecified atom stereocenters. The van der Waals surface area contributed by atoms with E-state index in [1.165, 1.54) is 0 Å². The summed E-state index contributed by atoms with van der Waals surface area (Å²) in [5.41, 5.74) is 6.83. The molecule has 2 aromatic heterocycles. The van der Waals surface area contributed by atoms with Crippen LogP contribution in [0.15, 0.2) is 63.9 Å². The average Bonchev–Trinajstić information content (AvgIpc) is 3.31. The van der Waals surface area contributed by atoms with Crippen LogP contribution in [-0.2, 0) is 11.2 Å². The van der Waals surface area contributed by atoms with Crippen molar-refractivity contribution in [3.05, 3.63) is 65.8 Å². The molecule has 0 saturated heterocycles. The second-order valence-electron chi connectivity index (χ2n) is 6.52. The Morgan fingerprint density at radius 2 is 2.08 bits per heavy atom. The van der Waals surface area contributed by atoms with E-state index >= 15 is 0 Å². The Balaban J connectivity index is 1.46. The summed E-state index contributed by atoms with van der Waals surface area (Å²) < 4.78 is 5.40. The molecule has 2 N–H and O–H groups in total. The van der Waals surface area contributed by atoms with Gasteiger partial charge in [-0.25, -0.2) is 5.43 Å². The minimum absolute atomic E-state index is 0.106. The first-order valence-electron chi connectivity index (χ1n) is 8.94. The predicted molar refractivity (Wildman–Crippen MR) is 103 cm³/mol. The highest BCUT2D eigenvalue weighted by molar-refractivity contribution is 6.04. The summed E-state index contributed by atoms with van der Waals surface area (Å²) >= 11 is 0. The fourth-order valence-corrected chi connectivity index (χ4v) is 3.36. The first-order valence-corrected chi connectivity index (χ1v) is 8.94. The molecule has 1 fully saturated rings. The van der Waals surface area contributed by atoms with Gasteiger partial charge in [0.05, 0.1) is 18.4 Å². The standard InChI is InChI=1S/C21H21N3O2/c25-21(13-16-14-22-20-10-4-2-8-18(16)20)24-23-19-9-3-1-6-15(19)12-17-7-5-11-26-17/h2,4-5,7-8,10-12,14,22H,1,3,6,9,13H2,(H,24,25). The molecule has 0 radical (unpaired) electrons. The van der Waals surface area contributed by atoms with Gasteiger partial charge in [-0.15, -0.1) is 0 Å². The Labute approximate surface area is 151 Å². The van der Waals surface area contributed by atoms with E-state index in [1.54, 1.807) is 6.26 Å². The van der Waals surface area contributed by atoms with Crippen LogP contribution in [0.3, 0.4) is 0 Å². The number of hydrogen-bond donors (Lipinski definition) is 2. The number of benzene rings is 1. The van der Waals surface area contributed by atoms with Crippen molar-refractivity contribution in [2.45, 2.75) is 32.1 Å². The van der Waals surface area contributed by atoms with E-state index in [0.29, 0.717) is 6.42 Å². The number of hydrazone groups is 1. The number of rotatable bonds is 4. The Morgan fingerprint density at radius 1 is 1.19 bits per heavy atom. The molecule has 26 heavy (non-hydrogen) atoms. The number of allylic oxidation sites excluding steroid dienone is 1. The van der Waals surface area contributed by atoms with Gasteiger partial charge in [0.2, 0.25) is 5.91 Å². The average molecular weight is 347 g/mol. The van der Waals surface area contributed by atoms with Crippen molar-refractivity contribution in [3.63, 3.8) is 0 Å². The van der Waals surface area contributed by atoms with Gasteiger partial charge in [-0.1, -0.05) is 18.2 Å². The number of fused-ring (bicyclic) bond motifs is 1. The minimum atomic E-state index is -0.106. The van der Waals surface area contributed by atoms with Crippen LogP contribution in [0, 0.1) is 0 Å². The number of carbonyl (C=O) groups is 1. The number of nitrogens with one attached hydrogen (secondary N) is 2. The molecular formula is C21H21N3O2. The van der Waals surface area contributed by atoms with Gasteiger partial charge in [0.1, 0.15) is 5.76 Å². The van der Waals surface area contributed by atoms with E-state index in [0.717, 1.165) is 59.2 Å². The quantitative estimate of drug-likeness (QED) is 0.685. The van der Waals surface area contributed by atoms with Crippen LogP contribution in [0.25, 0.3) is 17.0 Å². The van der Waals surface area contributed by atoms with Gasteiger partial charge in [0.15, 0.2) is 0 Å². The van der Waals surface area contributed by atoms with E-state index in [-0.39, 0.29) is 5.91 Å². The Kier molecular flexibility index (Phi) is 4.69. The van der Waals surface area contributed by atoms with Gasteiger partial charge in [0.25, 0.3) is 0 Å². The van der Waals surface area contributed by atoms with E-state index in [2.05, 4.69) is 15.5 Å². The largest absolute Gasteiger partial charge is 0.465 e. The topological polar surface area (TPSA) is 70.4 Å². The van der Waals surface area contributed by atoms with E-state index in [1.807, 2.05) is 48.7 Å². The van der Waals surface area contributed by atoms with E-state index in [4.69, 9.17) is 4.42 Å². The molecule has 5 nitrogen and oxygen atoms in total. The molecule has 3 aromatic rings. The molecule has 1 aliphatic carbocycles. The molecule has 4 rings (SSSR count). The number of amides is 1. The van der Waals surface area contributed by atoms with Crippen LogP contribution >= 0.6 is 0 Å². The lowest BCUT2D eigenvalue weighted by atomic mass is 9.92. The fourth-order valence-electron chi connectivity index (χ4n) is 3.36. The number of nitrogens with zero attached hydrogens (tertiary/aromatic N) is 1. The van der Waals surface area contributed by atoms with Crippen LogP contribution in [-0.4, -0.2) is 16.6 Å². The summed E-state index contributed by atoms with van der Waals surface area (Å²) in [5.74, 6) is 0.713. The molecule has 0 atom stereocenters. The zero-order chi connectivity index (χ0) is 17.8. The number of para-hydroxylation sites is 1. The second kappa shape index (κ2) is 7.44. The predicted octanol–water partition coefficient (Wildman–Crippen LogP) is 4.43. The molecule has 1 amide bonds. The Morgan fingerprint density at radius 3 is 2.96 bits per heavy atom. The van der Waals surface area contributed by atoms with Gasteiger partial charge in [0, 0.05) is 17.1 Å². The summed E-state index contributed by atoms with van der Waals surface area (Å²) in [7, 11) is 0. The van der Waals surface area contributed by atoms with Crippen molar-refractivity contribution in [3.8, 4) is 0 Å². The van der Waals surface area contributed by atoms with Crippen molar-refractivity contribution in [1.29, 1.82) is 0 Å². The maximum Gasteiger partial charge on any atom is 0.244 e. The molecule has 132 valence electrons. The Hall–Kier alpha value is -3.08. The number of carbonyl (C=O) groups excluding carboxylic acids is 1. The summed E-state index contributed by atoms with van der Waals surface area (Å²) in [6.45, 7) is 0. The van der Waals surface area contributed by atoms with Crippen molar-refractivity contribution in [1.82, 2.24) is 10.4 Å². The SMILES string of the molecule is O=C(Cc1c[nH]c2ccccc12)NN=C1CCCCC1=Cc1ccco1. The molecule has 5 heteroatoms. The molecule has 1 aliphatic rings. The van der Waals surface area contributed by atoms with Crippen molar-refractivity contribution in [2.75, 3.05) is 0 Å². The first kappa shape index (κ1) is 16.4. The molecule has 1 aromatic carbocycles. The number of furan rings is 1. The van der Waals surface area contributed by atoms with Crippen LogP contribution in [0.2, 0.25) is 0 Å². The van der Waals surface area contributed by atoms with Crippen LogP contribution in [0.4, 0.5) is 0 Å². The molecule has 0 spiro atoms. The highest BCUT2D eigenvalue weighted by atomic mass is 16.3. The molecule has 2 heterocycles. The van der Waals surface area contributed by atoms with Crippen molar-refractivity contribution < 1.29 is 9.21 Å². The third-order valence-electron chi connectivity index (χ3n) is 4.68. The number of hydrogen-bond acceptors (Lipinski definition) is 3. The highest BCUT2D eigenvalue weighted by Gasteiger charge is 2.15. The third kappa shape index (κ3) is 3.61. The number of aromatic nitrogens is 1. The van der Waals surface area contributed by atoms with Crippen molar-refractivity contribution >= 4 is 28.6 Å². The molecule has 0 bridgehead atoms. The van der Waals surface area contributed by atoms with Crippen LogP contribution in [0.1, 0.15) is 37.0 Å². The molecular weight excluding hydrogens is 326 g/mol. The molecule has 0 aliphatic heterocycles. The monoisotopic (exact) mass is 347 g/mol. The van der Waals surface area contributed by atoms with Gasteiger partial charge >= 0.3 is 0 Å². The fraction of sp³-hybridized carbons (Fsp3) is 0.238. The minimum Gasteiger partial charge on any atom is -0.465 e. The number of aromatic amines is 1. The van der Waals surface area contributed by atoms with Crippen LogP contribution < -0.4 is 5.43 Å². The summed E-state index contributed by atoms with van der Waals surface area (Å²) in [4.78, 5) is 15.5. The lowest BCUT2D eigenvalue weighted by Gasteiger charge is -2.16. The lowest BCUT2D eigenvalue weighted by molar-refractivity contribution is -0.120. The smallest absolute Gasteiger partial charge is 0.244 e. The van der Waals surface area contributed by atoms with Crippen molar-refractivity contribution in [2.24, 2.45) is 5.10 Å². The second-order valence-corrected chi connectivity index (χ2v) is 6.52. The van der Waals surface area contributed by atoms with Gasteiger partial charge < -0.3 is 9.40 Å². The summed E-state index contributed by atoms with van der Waals surface area (Å²) in [6, 6.07) is 11.8. The zero-order valence-corrected chi connectivity index (χ0v) is 14.5. The van der Waals surface area contributed by atoms with E-state index in [9.17, 15) is 4.79 Å².